The van der Waals surface area contributed by atoms with Gasteiger partial charge in [0.1, 0.15) is 5.75 Å². The predicted octanol–water partition coefficient (Wildman–Crippen LogP) is 3.45. The van der Waals surface area contributed by atoms with Crippen molar-refractivity contribution in [1.82, 2.24) is 0 Å². The summed E-state index contributed by atoms with van der Waals surface area (Å²) in [5, 5.41) is 0. The van der Waals surface area contributed by atoms with Crippen LogP contribution in [0.25, 0.3) is 0 Å². The van der Waals surface area contributed by atoms with E-state index in [1.807, 2.05) is 0 Å². The summed E-state index contributed by atoms with van der Waals surface area (Å²) < 4.78 is 34.1. The number of aryl methyl sites for hydroxylation is 1. The van der Waals surface area contributed by atoms with E-state index in [9.17, 15) is 8.78 Å². The Morgan fingerprint density at radius 1 is 1.11 bits per heavy atom. The summed E-state index contributed by atoms with van der Waals surface area (Å²) in [7, 11) is 1.53. The summed E-state index contributed by atoms with van der Waals surface area (Å²) in [6, 6.07) is 1.64. The van der Waals surface area contributed by atoms with Gasteiger partial charge in [0.05, 0.1) is 12.6 Å². The highest BCUT2D eigenvalue weighted by atomic mass is 19.3. The molecule has 0 fully saturated rings. The fourth-order valence-corrected chi connectivity index (χ4v) is 2.06. The number of methoxy groups -OCH3 is 1. The van der Waals surface area contributed by atoms with Crippen LogP contribution in [0.15, 0.2) is 6.07 Å². The van der Waals surface area contributed by atoms with E-state index in [4.69, 9.17) is 10.5 Å². The third kappa shape index (κ3) is 2.21. The Labute approximate surface area is 107 Å². The molecule has 0 saturated heterocycles. The molecule has 1 aromatic carbocycles. The molecule has 102 valence electrons. The summed E-state index contributed by atoms with van der Waals surface area (Å²) in [4.78, 5) is 0. The van der Waals surface area contributed by atoms with Crippen LogP contribution in [0, 0.1) is 20.8 Å². The van der Waals surface area contributed by atoms with Crippen LogP contribution < -0.4 is 10.5 Å². The van der Waals surface area contributed by atoms with Gasteiger partial charge in [-0.05, 0) is 57.4 Å². The first kappa shape index (κ1) is 14.9. The second kappa shape index (κ2) is 4.50. The topological polar surface area (TPSA) is 35.2 Å². The fraction of sp³-hybridized carbons (Fsp3) is 0.571. The zero-order valence-electron chi connectivity index (χ0n) is 11.8. The van der Waals surface area contributed by atoms with Gasteiger partial charge in [0.15, 0.2) is 0 Å². The number of nitrogens with two attached hydrogens (primary N) is 1. The second-order valence-corrected chi connectivity index (χ2v) is 5.32. The predicted molar refractivity (Wildman–Crippen MR) is 69.4 cm³/mol. The summed E-state index contributed by atoms with van der Waals surface area (Å²) in [5.41, 5.74) is 5.78. The molecule has 18 heavy (non-hydrogen) atoms. The molecule has 0 spiro atoms. The van der Waals surface area contributed by atoms with E-state index in [0.717, 1.165) is 5.56 Å². The molecule has 0 bridgehead atoms. The number of hydrogen-bond acceptors (Lipinski definition) is 2. The highest BCUT2D eigenvalue weighted by molar-refractivity contribution is 5.50. The Morgan fingerprint density at radius 3 is 2.00 bits per heavy atom. The first-order valence-electron chi connectivity index (χ1n) is 5.86. The molecule has 1 aromatic rings. The molecule has 0 aromatic heterocycles. The Balaban J connectivity index is 3.58. The molecule has 0 saturated carbocycles. The quantitative estimate of drug-likeness (QED) is 0.900. The number of rotatable bonds is 3. The van der Waals surface area contributed by atoms with Crippen molar-refractivity contribution in [2.24, 2.45) is 5.73 Å². The molecule has 0 aliphatic carbocycles. The van der Waals surface area contributed by atoms with Gasteiger partial charge < -0.3 is 10.5 Å². The SMILES string of the molecule is COc1cc(C)c(C(F)(F)C(C)(C)N)c(C)c1C. The Kier molecular flexibility index (Phi) is 3.73. The average molecular weight is 257 g/mol. The van der Waals surface area contributed by atoms with Crippen molar-refractivity contribution in [1.29, 1.82) is 0 Å². The van der Waals surface area contributed by atoms with Crippen LogP contribution >= 0.6 is 0 Å². The lowest BCUT2D eigenvalue weighted by Gasteiger charge is -2.33. The van der Waals surface area contributed by atoms with E-state index < -0.39 is 11.5 Å². The standard InChI is InChI=1S/C14H21F2NO/c1-8-7-11(18-6)9(2)10(3)12(8)14(15,16)13(4,5)17/h7H,17H2,1-6H3. The monoisotopic (exact) mass is 257 g/mol. The number of halogens is 2. The number of benzene rings is 1. The van der Waals surface area contributed by atoms with Crippen molar-refractivity contribution in [3.63, 3.8) is 0 Å². The van der Waals surface area contributed by atoms with Crippen molar-refractivity contribution >= 4 is 0 Å². The lowest BCUT2D eigenvalue weighted by atomic mass is 9.84. The smallest absolute Gasteiger partial charge is 0.290 e. The molecule has 0 radical (unpaired) electrons. The molecular formula is C14H21F2NO. The number of alkyl halides is 2. The maximum Gasteiger partial charge on any atom is 0.290 e. The van der Waals surface area contributed by atoms with Gasteiger partial charge in [-0.2, -0.15) is 8.78 Å². The van der Waals surface area contributed by atoms with Crippen molar-refractivity contribution in [3.05, 3.63) is 28.3 Å². The fourth-order valence-electron chi connectivity index (χ4n) is 2.06. The van der Waals surface area contributed by atoms with Gasteiger partial charge in [-0.3, -0.25) is 0 Å². The normalized spacial score (nSPS) is 12.7. The van der Waals surface area contributed by atoms with E-state index in [0.29, 0.717) is 16.9 Å². The molecule has 1 rings (SSSR count). The van der Waals surface area contributed by atoms with Crippen molar-refractivity contribution in [2.45, 2.75) is 46.1 Å². The van der Waals surface area contributed by atoms with Crippen LogP contribution in [0.4, 0.5) is 8.78 Å². The van der Waals surface area contributed by atoms with E-state index in [-0.39, 0.29) is 5.56 Å². The molecule has 0 heterocycles. The molecule has 2 N–H and O–H groups in total. The van der Waals surface area contributed by atoms with Crippen LogP contribution in [0.1, 0.15) is 36.1 Å². The molecule has 0 aliphatic rings. The molecule has 0 amide bonds. The molecule has 0 atom stereocenters. The molecule has 0 unspecified atom stereocenters. The van der Waals surface area contributed by atoms with E-state index in [1.54, 1.807) is 26.8 Å². The third-order valence-electron chi connectivity index (χ3n) is 3.39. The Bertz CT molecular complexity index is 462. The summed E-state index contributed by atoms with van der Waals surface area (Å²) in [5.74, 6) is -2.46. The van der Waals surface area contributed by atoms with Gasteiger partial charge in [-0.25, -0.2) is 0 Å². The summed E-state index contributed by atoms with van der Waals surface area (Å²) >= 11 is 0. The van der Waals surface area contributed by atoms with Crippen LogP contribution in [0.5, 0.6) is 5.75 Å². The summed E-state index contributed by atoms with van der Waals surface area (Å²) in [6.45, 7) is 7.79. The van der Waals surface area contributed by atoms with Gasteiger partial charge in [0, 0.05) is 5.56 Å². The minimum absolute atomic E-state index is 0.00769. The van der Waals surface area contributed by atoms with E-state index in [1.165, 1.54) is 21.0 Å². The van der Waals surface area contributed by atoms with Crippen molar-refractivity contribution in [2.75, 3.05) is 7.11 Å². The zero-order valence-corrected chi connectivity index (χ0v) is 11.8. The van der Waals surface area contributed by atoms with Gasteiger partial charge in [0.2, 0.25) is 0 Å². The highest BCUT2D eigenvalue weighted by Gasteiger charge is 2.47. The van der Waals surface area contributed by atoms with Crippen LogP contribution in [-0.4, -0.2) is 12.6 Å². The lowest BCUT2D eigenvalue weighted by molar-refractivity contribution is -0.0683. The minimum Gasteiger partial charge on any atom is -0.496 e. The number of ether oxygens (including phenoxy) is 1. The summed E-state index contributed by atoms with van der Waals surface area (Å²) in [6.07, 6.45) is 0. The molecule has 0 aliphatic heterocycles. The van der Waals surface area contributed by atoms with Gasteiger partial charge >= 0.3 is 0 Å². The largest absolute Gasteiger partial charge is 0.496 e. The highest BCUT2D eigenvalue weighted by Crippen LogP contribution is 2.43. The Hall–Kier alpha value is -1.16. The molecule has 2 nitrogen and oxygen atoms in total. The van der Waals surface area contributed by atoms with Gasteiger partial charge in [-0.15, -0.1) is 0 Å². The number of hydrogen-bond donors (Lipinski definition) is 1. The maximum atomic E-state index is 14.4. The Morgan fingerprint density at radius 2 is 1.61 bits per heavy atom. The second-order valence-electron chi connectivity index (χ2n) is 5.32. The molecular weight excluding hydrogens is 236 g/mol. The van der Waals surface area contributed by atoms with Gasteiger partial charge in [-0.1, -0.05) is 0 Å². The third-order valence-corrected chi connectivity index (χ3v) is 3.39. The first-order chi connectivity index (χ1) is 8.04. The first-order valence-corrected chi connectivity index (χ1v) is 5.86. The van der Waals surface area contributed by atoms with Crippen molar-refractivity contribution < 1.29 is 13.5 Å². The van der Waals surface area contributed by atoms with Crippen molar-refractivity contribution in [3.8, 4) is 5.75 Å². The lowest BCUT2D eigenvalue weighted by Crippen LogP contribution is -2.49. The van der Waals surface area contributed by atoms with Crippen LogP contribution in [-0.2, 0) is 5.92 Å². The van der Waals surface area contributed by atoms with E-state index in [2.05, 4.69) is 0 Å². The van der Waals surface area contributed by atoms with Crippen LogP contribution in [0.3, 0.4) is 0 Å². The minimum atomic E-state index is -3.09. The average Bonchev–Trinajstić information content (AvgIpc) is 2.21. The van der Waals surface area contributed by atoms with Crippen LogP contribution in [0.2, 0.25) is 0 Å². The zero-order chi connectivity index (χ0) is 14.3. The molecule has 4 heteroatoms. The van der Waals surface area contributed by atoms with E-state index >= 15 is 0 Å². The maximum absolute atomic E-state index is 14.4. The van der Waals surface area contributed by atoms with Gasteiger partial charge in [0.25, 0.3) is 5.92 Å².